The van der Waals surface area contributed by atoms with Crippen LogP contribution in [0.4, 0.5) is 0 Å². The van der Waals surface area contributed by atoms with Gasteiger partial charge in [-0.25, -0.2) is 0 Å². The number of halogens is 1. The number of aromatic nitrogens is 2. The molecule has 5 heteroatoms. The Morgan fingerprint density at radius 2 is 1.83 bits per heavy atom. The van der Waals surface area contributed by atoms with Crippen LogP contribution in [-0.2, 0) is 0 Å². The second-order valence-corrected chi connectivity index (χ2v) is 6.36. The Morgan fingerprint density at radius 3 is 2.57 bits per heavy atom. The van der Waals surface area contributed by atoms with E-state index in [-0.39, 0.29) is 5.56 Å². The number of benzene rings is 1. The molecule has 3 heterocycles. The van der Waals surface area contributed by atoms with Crippen LogP contribution in [0.1, 0.15) is 0 Å². The number of nitrogens with one attached hydrogen (secondary N) is 1. The summed E-state index contributed by atoms with van der Waals surface area (Å²) in [6, 6.07) is 11.3. The standard InChI is InChI=1S/C18H11ClN2OS/c19-13-1-2-15-14(9-13)16(11-3-6-20-7-4-11)17(18(22)21-15)12-5-8-23-10-12/h1-10H,(H,21,22). The largest absolute Gasteiger partial charge is 0.321 e. The number of hydrogen-bond acceptors (Lipinski definition) is 3. The van der Waals surface area contributed by atoms with Crippen molar-refractivity contribution in [1.29, 1.82) is 0 Å². The minimum atomic E-state index is -0.106. The van der Waals surface area contributed by atoms with Crippen LogP contribution in [0.3, 0.4) is 0 Å². The normalized spacial score (nSPS) is 11.0. The van der Waals surface area contributed by atoms with Crippen molar-refractivity contribution in [2.75, 3.05) is 0 Å². The van der Waals surface area contributed by atoms with Gasteiger partial charge in [-0.1, -0.05) is 11.6 Å². The van der Waals surface area contributed by atoms with Gasteiger partial charge >= 0.3 is 0 Å². The number of pyridine rings is 2. The highest BCUT2D eigenvalue weighted by Crippen LogP contribution is 2.36. The minimum Gasteiger partial charge on any atom is -0.321 e. The number of thiophene rings is 1. The van der Waals surface area contributed by atoms with Crippen LogP contribution in [0.2, 0.25) is 5.02 Å². The lowest BCUT2D eigenvalue weighted by molar-refractivity contribution is 1.30. The third-order valence-corrected chi connectivity index (χ3v) is 4.67. The topological polar surface area (TPSA) is 45.8 Å². The third kappa shape index (κ3) is 2.46. The highest BCUT2D eigenvalue weighted by Gasteiger charge is 2.16. The number of rotatable bonds is 2. The molecule has 0 spiro atoms. The summed E-state index contributed by atoms with van der Waals surface area (Å²) in [7, 11) is 0. The molecule has 0 atom stereocenters. The quantitative estimate of drug-likeness (QED) is 0.560. The van der Waals surface area contributed by atoms with Crippen molar-refractivity contribution >= 4 is 33.8 Å². The van der Waals surface area contributed by atoms with Crippen LogP contribution < -0.4 is 5.56 Å². The molecule has 0 aliphatic carbocycles. The maximum atomic E-state index is 12.7. The van der Waals surface area contributed by atoms with Gasteiger partial charge in [0, 0.05) is 33.9 Å². The van der Waals surface area contributed by atoms with E-state index in [0.29, 0.717) is 10.6 Å². The number of nitrogens with zero attached hydrogens (tertiary/aromatic N) is 1. The maximum Gasteiger partial charge on any atom is 0.256 e. The Balaban J connectivity index is 2.20. The number of H-pyrrole nitrogens is 1. The van der Waals surface area contributed by atoms with Crippen LogP contribution in [0.15, 0.2) is 64.3 Å². The lowest BCUT2D eigenvalue weighted by Gasteiger charge is -2.12. The molecule has 1 aromatic carbocycles. The van der Waals surface area contributed by atoms with Gasteiger partial charge in [0.25, 0.3) is 5.56 Å². The van der Waals surface area contributed by atoms with Gasteiger partial charge in [-0.3, -0.25) is 9.78 Å². The average molecular weight is 339 g/mol. The molecule has 3 nitrogen and oxygen atoms in total. The molecule has 4 aromatic rings. The average Bonchev–Trinajstić information content (AvgIpc) is 3.09. The van der Waals surface area contributed by atoms with Crippen molar-refractivity contribution in [2.24, 2.45) is 0 Å². The van der Waals surface area contributed by atoms with Crippen molar-refractivity contribution in [3.05, 3.63) is 74.9 Å². The molecular weight excluding hydrogens is 328 g/mol. The van der Waals surface area contributed by atoms with Crippen molar-refractivity contribution in [3.8, 4) is 22.3 Å². The molecule has 0 aliphatic heterocycles. The smallest absolute Gasteiger partial charge is 0.256 e. The van der Waals surface area contributed by atoms with Crippen molar-refractivity contribution in [3.63, 3.8) is 0 Å². The Hall–Kier alpha value is -2.43. The molecule has 0 saturated heterocycles. The van der Waals surface area contributed by atoms with Crippen molar-refractivity contribution in [1.82, 2.24) is 9.97 Å². The summed E-state index contributed by atoms with van der Waals surface area (Å²) >= 11 is 7.76. The molecule has 23 heavy (non-hydrogen) atoms. The predicted octanol–water partition coefficient (Wildman–Crippen LogP) is 4.97. The van der Waals surface area contributed by atoms with Gasteiger partial charge in [-0.2, -0.15) is 11.3 Å². The molecule has 0 fully saturated rings. The molecule has 0 bridgehead atoms. The van der Waals surface area contributed by atoms with E-state index >= 15 is 0 Å². The number of hydrogen-bond donors (Lipinski definition) is 1. The van der Waals surface area contributed by atoms with E-state index in [9.17, 15) is 4.79 Å². The second-order valence-electron chi connectivity index (χ2n) is 5.14. The molecule has 0 radical (unpaired) electrons. The van der Waals surface area contributed by atoms with E-state index in [1.54, 1.807) is 29.8 Å². The lowest BCUT2D eigenvalue weighted by atomic mass is 9.94. The Morgan fingerprint density at radius 1 is 1.00 bits per heavy atom. The summed E-state index contributed by atoms with van der Waals surface area (Å²) in [4.78, 5) is 19.7. The van der Waals surface area contributed by atoms with Crippen molar-refractivity contribution < 1.29 is 0 Å². The minimum absolute atomic E-state index is 0.106. The monoisotopic (exact) mass is 338 g/mol. The van der Waals surface area contributed by atoms with E-state index in [4.69, 9.17) is 11.6 Å². The van der Waals surface area contributed by atoms with Gasteiger partial charge in [-0.05, 0) is 58.3 Å². The fraction of sp³-hybridized carbons (Fsp3) is 0. The molecular formula is C18H11ClN2OS. The molecule has 1 N–H and O–H groups in total. The van der Waals surface area contributed by atoms with E-state index in [1.807, 2.05) is 41.1 Å². The van der Waals surface area contributed by atoms with Gasteiger partial charge in [0.1, 0.15) is 0 Å². The zero-order chi connectivity index (χ0) is 15.8. The SMILES string of the molecule is O=c1[nH]c2ccc(Cl)cc2c(-c2ccncc2)c1-c1ccsc1. The molecule has 0 unspecified atom stereocenters. The zero-order valence-electron chi connectivity index (χ0n) is 11.9. The predicted molar refractivity (Wildman–Crippen MR) is 96.1 cm³/mol. The fourth-order valence-electron chi connectivity index (χ4n) is 2.77. The van der Waals surface area contributed by atoms with E-state index in [2.05, 4.69) is 9.97 Å². The summed E-state index contributed by atoms with van der Waals surface area (Å²) in [5.74, 6) is 0. The zero-order valence-corrected chi connectivity index (χ0v) is 13.5. The summed E-state index contributed by atoms with van der Waals surface area (Å²) < 4.78 is 0. The number of fused-ring (bicyclic) bond motifs is 1. The molecule has 4 rings (SSSR count). The first-order valence-corrected chi connectivity index (χ1v) is 8.34. The van der Waals surface area contributed by atoms with Crippen LogP contribution in [0.5, 0.6) is 0 Å². The van der Waals surface area contributed by atoms with E-state index in [1.165, 1.54) is 0 Å². The highest BCUT2D eigenvalue weighted by molar-refractivity contribution is 7.08. The van der Waals surface area contributed by atoms with Gasteiger partial charge in [0.15, 0.2) is 0 Å². The van der Waals surface area contributed by atoms with Crippen LogP contribution in [0, 0.1) is 0 Å². The molecule has 0 amide bonds. The van der Waals surface area contributed by atoms with Crippen LogP contribution >= 0.6 is 22.9 Å². The first-order chi connectivity index (χ1) is 11.2. The Bertz CT molecular complexity index is 1040. The van der Waals surface area contributed by atoms with E-state index in [0.717, 1.165) is 27.6 Å². The van der Waals surface area contributed by atoms with Crippen LogP contribution in [-0.4, -0.2) is 9.97 Å². The van der Waals surface area contributed by atoms with Gasteiger partial charge in [0.2, 0.25) is 0 Å². The molecule has 3 aromatic heterocycles. The van der Waals surface area contributed by atoms with Gasteiger partial charge < -0.3 is 4.98 Å². The number of aromatic amines is 1. The summed E-state index contributed by atoms with van der Waals surface area (Å²) in [5, 5.41) is 5.50. The molecule has 0 aliphatic rings. The first kappa shape index (κ1) is 14.2. The summed E-state index contributed by atoms with van der Waals surface area (Å²) in [6.45, 7) is 0. The van der Waals surface area contributed by atoms with Gasteiger partial charge in [0.05, 0.1) is 5.56 Å². The van der Waals surface area contributed by atoms with Crippen LogP contribution in [0.25, 0.3) is 33.2 Å². The maximum absolute atomic E-state index is 12.7. The summed E-state index contributed by atoms with van der Waals surface area (Å²) in [6.07, 6.45) is 3.45. The second kappa shape index (κ2) is 5.65. The molecule has 0 saturated carbocycles. The van der Waals surface area contributed by atoms with Gasteiger partial charge in [-0.15, -0.1) is 0 Å². The van der Waals surface area contributed by atoms with E-state index < -0.39 is 0 Å². The summed E-state index contributed by atoms with van der Waals surface area (Å²) in [5.41, 5.74) is 4.05. The lowest BCUT2D eigenvalue weighted by Crippen LogP contribution is -2.10. The fourth-order valence-corrected chi connectivity index (χ4v) is 3.58. The molecule has 112 valence electrons. The first-order valence-electron chi connectivity index (χ1n) is 7.02. The third-order valence-electron chi connectivity index (χ3n) is 3.76. The highest BCUT2D eigenvalue weighted by atomic mass is 35.5. The Labute approximate surface area is 141 Å². The Kier molecular flexibility index (Phi) is 3.48. The van der Waals surface area contributed by atoms with Crippen molar-refractivity contribution in [2.45, 2.75) is 0 Å².